The van der Waals surface area contributed by atoms with Gasteiger partial charge in [0.25, 0.3) is 0 Å². The summed E-state index contributed by atoms with van der Waals surface area (Å²) in [5, 5.41) is 3.09. The van der Waals surface area contributed by atoms with Gasteiger partial charge in [0.1, 0.15) is 18.3 Å². The van der Waals surface area contributed by atoms with E-state index in [2.05, 4.69) is 5.32 Å². The summed E-state index contributed by atoms with van der Waals surface area (Å²) in [5.74, 6) is -0.195. The lowest BCUT2D eigenvalue weighted by Gasteiger charge is -2.32. The van der Waals surface area contributed by atoms with Crippen molar-refractivity contribution in [1.29, 1.82) is 0 Å². The van der Waals surface area contributed by atoms with Gasteiger partial charge in [0.15, 0.2) is 0 Å². The molecule has 2 aromatic carbocycles. The molecule has 2 atom stereocenters. The number of anilines is 1. The van der Waals surface area contributed by atoms with E-state index in [1.54, 1.807) is 56.5 Å². The van der Waals surface area contributed by atoms with Gasteiger partial charge in [0.2, 0.25) is 21.8 Å². The van der Waals surface area contributed by atoms with Gasteiger partial charge in [-0.1, -0.05) is 42.8 Å². The molecular weight excluding hydrogens is 478 g/mol. The molecule has 2 amide bonds. The van der Waals surface area contributed by atoms with Crippen LogP contribution in [0.25, 0.3) is 0 Å². The molecule has 1 N–H and O–H groups in total. The number of hydrogen-bond acceptors (Lipinski definition) is 5. The molecule has 2 aromatic rings. The molecule has 0 fully saturated rings. The molecule has 0 aromatic heterocycles. The Morgan fingerprint density at radius 2 is 1.71 bits per heavy atom. The largest absolute Gasteiger partial charge is 0.497 e. The molecule has 0 saturated carbocycles. The van der Waals surface area contributed by atoms with Gasteiger partial charge in [-0.3, -0.25) is 13.9 Å². The van der Waals surface area contributed by atoms with E-state index in [1.807, 2.05) is 13.8 Å². The second kappa shape index (κ2) is 12.1. The minimum absolute atomic E-state index is 0.0662. The van der Waals surface area contributed by atoms with Gasteiger partial charge in [0, 0.05) is 12.6 Å². The maximum absolute atomic E-state index is 13.5. The third-order valence-corrected chi connectivity index (χ3v) is 6.93. The van der Waals surface area contributed by atoms with Crippen LogP contribution in [0.4, 0.5) is 5.69 Å². The molecule has 0 aliphatic heterocycles. The highest BCUT2D eigenvalue weighted by molar-refractivity contribution is 7.92. The third kappa shape index (κ3) is 7.36. The molecule has 0 saturated heterocycles. The Balaban J connectivity index is 2.39. The first kappa shape index (κ1) is 27.5. The highest BCUT2D eigenvalue weighted by Gasteiger charge is 2.31. The van der Waals surface area contributed by atoms with Crippen molar-refractivity contribution in [3.63, 3.8) is 0 Å². The first-order chi connectivity index (χ1) is 16.0. The summed E-state index contributed by atoms with van der Waals surface area (Å²) in [4.78, 5) is 27.7. The van der Waals surface area contributed by atoms with Crippen molar-refractivity contribution in [3.05, 3.63) is 59.1 Å². The van der Waals surface area contributed by atoms with Crippen LogP contribution in [0.2, 0.25) is 5.02 Å². The molecule has 0 unspecified atom stereocenters. The van der Waals surface area contributed by atoms with E-state index in [-0.39, 0.29) is 29.2 Å². The summed E-state index contributed by atoms with van der Waals surface area (Å²) >= 11 is 6.23. The van der Waals surface area contributed by atoms with Gasteiger partial charge in [-0.05, 0) is 50.1 Å². The number of rotatable bonds is 11. The zero-order valence-corrected chi connectivity index (χ0v) is 21.7. The normalized spacial score (nSPS) is 13.0. The van der Waals surface area contributed by atoms with Crippen LogP contribution in [0.3, 0.4) is 0 Å². The van der Waals surface area contributed by atoms with Crippen molar-refractivity contribution in [2.45, 2.75) is 45.8 Å². The Morgan fingerprint density at radius 3 is 2.24 bits per heavy atom. The number of ether oxygens (including phenoxy) is 1. The van der Waals surface area contributed by atoms with Crippen molar-refractivity contribution in [3.8, 4) is 5.75 Å². The summed E-state index contributed by atoms with van der Waals surface area (Å²) in [6, 6.07) is 12.6. The number of amides is 2. The molecule has 0 bridgehead atoms. The molecule has 10 heteroatoms. The minimum atomic E-state index is -3.84. The molecule has 0 aliphatic rings. The Kier molecular flexibility index (Phi) is 9.76. The van der Waals surface area contributed by atoms with Crippen molar-refractivity contribution in [1.82, 2.24) is 10.2 Å². The molecule has 186 valence electrons. The molecule has 0 radical (unpaired) electrons. The lowest BCUT2D eigenvalue weighted by atomic mass is 10.1. The fraction of sp³-hybridized carbons (Fsp3) is 0.417. The number of sulfonamides is 1. The molecule has 34 heavy (non-hydrogen) atoms. The molecule has 8 nitrogen and oxygen atoms in total. The Morgan fingerprint density at radius 1 is 1.09 bits per heavy atom. The van der Waals surface area contributed by atoms with Crippen LogP contribution in [-0.4, -0.2) is 57.1 Å². The quantitative estimate of drug-likeness (QED) is 0.500. The highest BCUT2D eigenvalue weighted by Crippen LogP contribution is 2.27. The second-order valence-corrected chi connectivity index (χ2v) is 10.4. The topological polar surface area (TPSA) is 96.0 Å². The van der Waals surface area contributed by atoms with Crippen molar-refractivity contribution >= 4 is 39.1 Å². The average molecular weight is 510 g/mol. The zero-order chi connectivity index (χ0) is 25.5. The Hall–Kier alpha value is -2.78. The summed E-state index contributed by atoms with van der Waals surface area (Å²) in [5.41, 5.74) is 0.960. The maximum atomic E-state index is 13.5. The zero-order valence-electron chi connectivity index (χ0n) is 20.1. The molecule has 0 heterocycles. The first-order valence-electron chi connectivity index (χ1n) is 10.9. The summed E-state index contributed by atoms with van der Waals surface area (Å²) in [6.45, 7) is 5.06. The molecule has 0 aliphatic carbocycles. The van der Waals surface area contributed by atoms with E-state index in [4.69, 9.17) is 16.3 Å². The van der Waals surface area contributed by atoms with Crippen LogP contribution in [0.1, 0.15) is 32.8 Å². The summed E-state index contributed by atoms with van der Waals surface area (Å²) in [6.07, 6.45) is 1.75. The fourth-order valence-corrected chi connectivity index (χ4v) is 4.37. The van der Waals surface area contributed by atoms with Crippen LogP contribution >= 0.6 is 11.6 Å². The van der Waals surface area contributed by atoms with Gasteiger partial charge in [0.05, 0.1) is 24.1 Å². The van der Waals surface area contributed by atoms with Gasteiger partial charge < -0.3 is 15.0 Å². The number of carbonyl (C=O) groups is 2. The SMILES string of the molecule is CC[C@@H](C)NC(=O)[C@@H](C)N(Cc1ccc(OC)cc1)C(=O)CN(c1ccccc1Cl)S(C)(=O)=O. The number of methoxy groups -OCH3 is 1. The van der Waals surface area contributed by atoms with Gasteiger partial charge >= 0.3 is 0 Å². The number of halogens is 1. The molecular formula is C24H32ClN3O5S. The average Bonchev–Trinajstić information content (AvgIpc) is 2.80. The van der Waals surface area contributed by atoms with E-state index in [9.17, 15) is 18.0 Å². The highest BCUT2D eigenvalue weighted by atomic mass is 35.5. The Labute approximate surface area is 206 Å². The van der Waals surface area contributed by atoms with Crippen molar-refractivity contribution in [2.24, 2.45) is 0 Å². The number of para-hydroxylation sites is 1. The lowest BCUT2D eigenvalue weighted by molar-refractivity contribution is -0.139. The van der Waals surface area contributed by atoms with Crippen LogP contribution < -0.4 is 14.4 Å². The summed E-state index contributed by atoms with van der Waals surface area (Å²) < 4.78 is 31.3. The predicted octanol–water partition coefficient (Wildman–Crippen LogP) is 3.45. The second-order valence-electron chi connectivity index (χ2n) is 8.08. The maximum Gasteiger partial charge on any atom is 0.244 e. The van der Waals surface area contributed by atoms with Crippen molar-refractivity contribution in [2.75, 3.05) is 24.2 Å². The van der Waals surface area contributed by atoms with Crippen LogP contribution in [0.5, 0.6) is 5.75 Å². The van der Waals surface area contributed by atoms with Crippen LogP contribution in [-0.2, 0) is 26.2 Å². The smallest absolute Gasteiger partial charge is 0.244 e. The monoisotopic (exact) mass is 509 g/mol. The summed E-state index contributed by atoms with van der Waals surface area (Å²) in [7, 11) is -2.28. The first-order valence-corrected chi connectivity index (χ1v) is 13.2. The van der Waals surface area contributed by atoms with Gasteiger partial charge in [-0.2, -0.15) is 0 Å². The fourth-order valence-electron chi connectivity index (χ4n) is 3.22. The lowest BCUT2D eigenvalue weighted by Crippen LogP contribution is -2.52. The number of carbonyl (C=O) groups excluding carboxylic acids is 2. The van der Waals surface area contributed by atoms with E-state index < -0.39 is 28.5 Å². The van der Waals surface area contributed by atoms with E-state index in [0.29, 0.717) is 5.75 Å². The number of hydrogen-bond donors (Lipinski definition) is 1. The number of nitrogens with one attached hydrogen (secondary N) is 1. The van der Waals surface area contributed by atoms with E-state index in [1.165, 1.54) is 11.0 Å². The standard InChI is InChI=1S/C24H32ClN3O5S/c1-6-17(2)26-24(30)18(3)27(15-19-11-13-20(33-4)14-12-19)23(29)16-28(34(5,31)32)22-10-8-7-9-21(22)25/h7-14,17-18H,6,15-16H2,1-5H3,(H,26,30)/t17-,18-/m1/s1. The predicted molar refractivity (Wildman–Crippen MR) is 135 cm³/mol. The Bertz CT molecular complexity index is 1090. The van der Waals surface area contributed by atoms with Crippen LogP contribution in [0, 0.1) is 0 Å². The van der Waals surface area contributed by atoms with Crippen molar-refractivity contribution < 1.29 is 22.7 Å². The minimum Gasteiger partial charge on any atom is -0.497 e. The number of benzene rings is 2. The van der Waals surface area contributed by atoms with Gasteiger partial charge in [-0.15, -0.1) is 0 Å². The third-order valence-electron chi connectivity index (χ3n) is 5.48. The van der Waals surface area contributed by atoms with Gasteiger partial charge in [-0.25, -0.2) is 8.42 Å². The van der Waals surface area contributed by atoms with Crippen LogP contribution in [0.15, 0.2) is 48.5 Å². The number of nitrogens with zero attached hydrogens (tertiary/aromatic N) is 2. The van der Waals surface area contributed by atoms with E-state index >= 15 is 0 Å². The van der Waals surface area contributed by atoms with E-state index in [0.717, 1.165) is 22.5 Å². The molecule has 0 spiro atoms. The molecule has 2 rings (SSSR count).